The van der Waals surface area contributed by atoms with Gasteiger partial charge >= 0.3 is 7.69 Å². The first-order chi connectivity index (χ1) is 7.85. The van der Waals surface area contributed by atoms with Crippen LogP contribution >= 0.6 is 0 Å². The highest BCUT2D eigenvalue weighted by Gasteiger charge is 2.07. The second-order valence-electron chi connectivity index (χ2n) is 2.88. The number of benzene rings is 1. The van der Waals surface area contributed by atoms with Crippen LogP contribution in [-0.4, -0.2) is 34.8 Å². The summed E-state index contributed by atoms with van der Waals surface area (Å²) >= 11 is 0. The topological polar surface area (TPSA) is 69.4 Å². The van der Waals surface area contributed by atoms with Crippen molar-refractivity contribution in [2.24, 2.45) is 0 Å². The van der Waals surface area contributed by atoms with Crippen molar-refractivity contribution >= 4 is 7.69 Å². The molecule has 0 aliphatic heterocycles. The molecule has 81 valence electrons. The molecular weight excluding hydrogens is 209 g/mol. The Kier molecular flexibility index (Phi) is 3.06. The van der Waals surface area contributed by atoms with Gasteiger partial charge < -0.3 is 14.4 Å². The lowest BCUT2D eigenvalue weighted by atomic mass is 10.2. The normalized spacial score (nSPS) is 9.88. The molecule has 0 saturated heterocycles. The third-order valence-electron chi connectivity index (χ3n) is 1.98. The summed E-state index contributed by atoms with van der Waals surface area (Å²) in [5.74, 6) is 0.904. The second-order valence-corrected chi connectivity index (χ2v) is 2.88. The largest absolute Gasteiger partial charge is 0.569 e. The molecule has 0 spiro atoms. The summed E-state index contributed by atoms with van der Waals surface area (Å²) in [7, 11) is 2.11. The number of rotatable bonds is 4. The van der Waals surface area contributed by atoms with Crippen LogP contribution in [0.1, 0.15) is 0 Å². The fraction of sp³-hybridized carbons (Fsp3) is 0.111. The lowest BCUT2D eigenvalue weighted by molar-refractivity contribution is 0.381. The van der Waals surface area contributed by atoms with Gasteiger partial charge in [0.05, 0.1) is 25.2 Å². The van der Waals surface area contributed by atoms with Crippen LogP contribution in [0.25, 0.3) is 5.69 Å². The van der Waals surface area contributed by atoms with Gasteiger partial charge in [0, 0.05) is 6.07 Å². The summed E-state index contributed by atoms with van der Waals surface area (Å²) in [5.41, 5.74) is 0.743. The van der Waals surface area contributed by atoms with Crippen LogP contribution in [0, 0.1) is 0 Å². The van der Waals surface area contributed by atoms with Crippen LogP contribution in [0.2, 0.25) is 0 Å². The first kappa shape index (κ1) is 10.5. The summed E-state index contributed by atoms with van der Waals surface area (Å²) in [6, 6.07) is 5.12. The Bertz CT molecular complexity index is 461. The number of ether oxygens (including phenoxy) is 1. The minimum absolute atomic E-state index is 0.418. The van der Waals surface area contributed by atoms with Crippen molar-refractivity contribution < 1.29 is 14.4 Å². The smallest absolute Gasteiger partial charge is 0.535 e. The quantitative estimate of drug-likeness (QED) is 0.741. The van der Waals surface area contributed by atoms with Crippen molar-refractivity contribution in [1.82, 2.24) is 15.0 Å². The maximum Gasteiger partial charge on any atom is 0.569 e. The highest BCUT2D eigenvalue weighted by atomic mass is 16.5. The monoisotopic (exact) mass is 218 g/mol. The maximum atomic E-state index is 8.56. The predicted molar refractivity (Wildman–Crippen MR) is 56.5 cm³/mol. The van der Waals surface area contributed by atoms with Crippen LogP contribution in [0.3, 0.4) is 0 Å². The van der Waals surface area contributed by atoms with Gasteiger partial charge in [0.15, 0.2) is 5.75 Å². The van der Waals surface area contributed by atoms with Crippen LogP contribution in [-0.2, 0) is 0 Å². The third-order valence-corrected chi connectivity index (χ3v) is 1.98. The first-order valence-corrected chi connectivity index (χ1v) is 4.52. The van der Waals surface area contributed by atoms with E-state index in [0.717, 1.165) is 5.69 Å². The summed E-state index contributed by atoms with van der Waals surface area (Å²) in [6.45, 7) is 0. The van der Waals surface area contributed by atoms with Gasteiger partial charge in [0.2, 0.25) is 0 Å². The zero-order valence-electron chi connectivity index (χ0n) is 8.57. The van der Waals surface area contributed by atoms with Crippen molar-refractivity contribution in [3.8, 4) is 17.2 Å². The summed E-state index contributed by atoms with van der Waals surface area (Å²) < 4.78 is 9.97. The Balaban J connectivity index is 2.36. The van der Waals surface area contributed by atoms with Gasteiger partial charge in [-0.25, -0.2) is 0 Å². The number of nitrogens with zero attached hydrogens (tertiary/aromatic N) is 3. The van der Waals surface area contributed by atoms with E-state index in [1.165, 1.54) is 11.9 Å². The Morgan fingerprint density at radius 2 is 2.00 bits per heavy atom. The van der Waals surface area contributed by atoms with E-state index in [4.69, 9.17) is 14.4 Å². The Labute approximate surface area is 92.7 Å². The second kappa shape index (κ2) is 4.67. The Morgan fingerprint density at radius 1 is 1.25 bits per heavy atom. The van der Waals surface area contributed by atoms with Gasteiger partial charge in [0.25, 0.3) is 0 Å². The Morgan fingerprint density at radius 3 is 2.62 bits per heavy atom. The van der Waals surface area contributed by atoms with Gasteiger partial charge in [-0.05, 0) is 12.1 Å². The van der Waals surface area contributed by atoms with Crippen molar-refractivity contribution in [3.63, 3.8) is 0 Å². The van der Waals surface area contributed by atoms with E-state index in [9.17, 15) is 0 Å². The Hall–Kier alpha value is -2.02. The molecule has 0 saturated carbocycles. The van der Waals surface area contributed by atoms with Gasteiger partial charge in [-0.15, -0.1) is 0 Å². The molecule has 7 heteroatoms. The van der Waals surface area contributed by atoms with Gasteiger partial charge in [-0.2, -0.15) is 15.0 Å². The molecule has 0 aliphatic carbocycles. The van der Waals surface area contributed by atoms with E-state index in [1.54, 1.807) is 30.6 Å². The minimum atomic E-state index is 0.418. The molecule has 2 rings (SSSR count). The van der Waals surface area contributed by atoms with Crippen molar-refractivity contribution in [2.75, 3.05) is 7.11 Å². The van der Waals surface area contributed by atoms with E-state index < -0.39 is 0 Å². The van der Waals surface area contributed by atoms with Crippen molar-refractivity contribution in [3.05, 3.63) is 30.6 Å². The first-order valence-electron chi connectivity index (χ1n) is 4.52. The lowest BCUT2D eigenvalue weighted by Gasteiger charge is -2.09. The molecule has 1 radical (unpaired) electrons. The molecule has 1 N–H and O–H groups in total. The standard InChI is InChI=1S/C9H9BN3O3/c1-15-9-6-7(13-11-4-5-12-13)2-3-8(9)16-10-14/h2-6,14H,1H3. The van der Waals surface area contributed by atoms with E-state index in [1.807, 2.05) is 0 Å². The van der Waals surface area contributed by atoms with E-state index >= 15 is 0 Å². The average Bonchev–Trinajstić information content (AvgIpc) is 2.83. The van der Waals surface area contributed by atoms with Gasteiger partial charge in [0.1, 0.15) is 5.75 Å². The van der Waals surface area contributed by atoms with Gasteiger partial charge in [-0.1, -0.05) is 0 Å². The number of hydrogen-bond acceptors (Lipinski definition) is 5. The molecule has 0 amide bonds. The highest BCUT2D eigenvalue weighted by molar-refractivity contribution is 6.17. The zero-order valence-corrected chi connectivity index (χ0v) is 8.57. The molecule has 0 fully saturated rings. The molecule has 1 heterocycles. The van der Waals surface area contributed by atoms with E-state index in [-0.39, 0.29) is 0 Å². The minimum Gasteiger partial charge on any atom is -0.535 e. The molecule has 16 heavy (non-hydrogen) atoms. The van der Waals surface area contributed by atoms with Crippen LogP contribution in [0.15, 0.2) is 30.6 Å². The number of hydrogen-bond donors (Lipinski definition) is 1. The van der Waals surface area contributed by atoms with E-state index in [2.05, 4.69) is 10.2 Å². The maximum absolute atomic E-state index is 8.56. The van der Waals surface area contributed by atoms with E-state index in [0.29, 0.717) is 19.2 Å². The predicted octanol–water partition coefficient (Wildman–Crippen LogP) is 0.181. The molecule has 0 aliphatic rings. The highest BCUT2D eigenvalue weighted by Crippen LogP contribution is 2.28. The lowest BCUT2D eigenvalue weighted by Crippen LogP contribution is -2.03. The van der Waals surface area contributed by atoms with Crippen LogP contribution in [0.4, 0.5) is 0 Å². The van der Waals surface area contributed by atoms with Crippen molar-refractivity contribution in [2.45, 2.75) is 0 Å². The summed E-state index contributed by atoms with van der Waals surface area (Å²) in [5, 5.41) is 16.5. The number of aromatic nitrogens is 3. The fourth-order valence-electron chi connectivity index (χ4n) is 1.28. The molecular formula is C9H9BN3O3. The molecule has 1 aromatic heterocycles. The molecule has 1 aromatic carbocycles. The molecule has 0 bridgehead atoms. The fourth-order valence-corrected chi connectivity index (χ4v) is 1.28. The van der Waals surface area contributed by atoms with Gasteiger partial charge in [-0.3, -0.25) is 0 Å². The summed E-state index contributed by atoms with van der Waals surface area (Å²) in [4.78, 5) is 1.45. The van der Waals surface area contributed by atoms with Crippen LogP contribution in [0.5, 0.6) is 11.5 Å². The summed E-state index contributed by atoms with van der Waals surface area (Å²) in [6.07, 6.45) is 3.16. The van der Waals surface area contributed by atoms with Crippen molar-refractivity contribution in [1.29, 1.82) is 0 Å². The number of methoxy groups -OCH3 is 1. The molecule has 0 atom stereocenters. The zero-order chi connectivity index (χ0) is 11.4. The third kappa shape index (κ3) is 1.99. The molecule has 0 unspecified atom stereocenters. The molecule has 6 nitrogen and oxygen atoms in total. The SMILES string of the molecule is COc1cc(-n2nccn2)ccc1O[B]O. The molecule has 2 aromatic rings. The average molecular weight is 218 g/mol. The van der Waals surface area contributed by atoms with Crippen LogP contribution < -0.4 is 9.39 Å².